The standard InChI is InChI=1S/C13H28N2S/c1-11(16-4)7-8-14-12(2)13-6-5-9-15(3)10-13/h11-14H,5-10H2,1-4H3. The molecular weight excluding hydrogens is 216 g/mol. The summed E-state index contributed by atoms with van der Waals surface area (Å²) in [6.45, 7) is 8.39. The van der Waals surface area contributed by atoms with Crippen molar-refractivity contribution in [3.63, 3.8) is 0 Å². The number of piperidine rings is 1. The van der Waals surface area contributed by atoms with Gasteiger partial charge < -0.3 is 10.2 Å². The highest BCUT2D eigenvalue weighted by molar-refractivity contribution is 7.99. The van der Waals surface area contributed by atoms with Gasteiger partial charge in [-0.25, -0.2) is 0 Å². The highest BCUT2D eigenvalue weighted by atomic mass is 32.2. The maximum atomic E-state index is 3.70. The Bertz CT molecular complexity index is 187. The van der Waals surface area contributed by atoms with Crippen LogP contribution >= 0.6 is 11.8 Å². The lowest BCUT2D eigenvalue weighted by Gasteiger charge is -2.34. The summed E-state index contributed by atoms with van der Waals surface area (Å²) in [6, 6.07) is 0.678. The molecule has 3 unspecified atom stereocenters. The second kappa shape index (κ2) is 7.57. The lowest BCUT2D eigenvalue weighted by Crippen LogP contribution is -2.43. The van der Waals surface area contributed by atoms with Crippen molar-refractivity contribution in [2.24, 2.45) is 5.92 Å². The third-order valence-corrected chi connectivity index (χ3v) is 4.83. The van der Waals surface area contributed by atoms with Gasteiger partial charge in [0.2, 0.25) is 0 Å². The Morgan fingerprint density at radius 2 is 2.19 bits per heavy atom. The number of likely N-dealkylation sites (tertiary alicyclic amines) is 1. The predicted molar refractivity (Wildman–Crippen MR) is 75.3 cm³/mol. The quantitative estimate of drug-likeness (QED) is 0.772. The maximum Gasteiger partial charge on any atom is 0.00792 e. The third kappa shape index (κ3) is 5.07. The van der Waals surface area contributed by atoms with Crippen LogP contribution in [0.3, 0.4) is 0 Å². The molecule has 0 bridgehead atoms. The molecule has 0 radical (unpaired) electrons. The van der Waals surface area contributed by atoms with Gasteiger partial charge in [-0.2, -0.15) is 11.8 Å². The number of rotatable bonds is 6. The molecule has 3 heteroatoms. The van der Waals surface area contributed by atoms with Crippen molar-refractivity contribution in [3.05, 3.63) is 0 Å². The van der Waals surface area contributed by atoms with E-state index < -0.39 is 0 Å². The second-order valence-corrected chi connectivity index (χ2v) is 6.52. The maximum absolute atomic E-state index is 3.70. The summed E-state index contributed by atoms with van der Waals surface area (Å²) in [4.78, 5) is 2.47. The Labute approximate surface area is 106 Å². The molecular formula is C13H28N2S. The van der Waals surface area contributed by atoms with E-state index in [1.165, 1.54) is 38.9 Å². The minimum Gasteiger partial charge on any atom is -0.314 e. The number of nitrogens with one attached hydrogen (secondary N) is 1. The number of nitrogens with zero attached hydrogens (tertiary/aromatic N) is 1. The van der Waals surface area contributed by atoms with E-state index in [4.69, 9.17) is 0 Å². The van der Waals surface area contributed by atoms with Crippen LogP contribution in [0, 0.1) is 5.92 Å². The van der Waals surface area contributed by atoms with Crippen molar-refractivity contribution in [2.45, 2.75) is 44.4 Å². The average molecular weight is 244 g/mol. The van der Waals surface area contributed by atoms with Crippen LogP contribution in [-0.4, -0.2) is 49.1 Å². The lowest BCUT2D eigenvalue weighted by atomic mass is 9.92. The molecule has 1 N–H and O–H groups in total. The summed E-state index contributed by atoms with van der Waals surface area (Å²) in [5.41, 5.74) is 0. The van der Waals surface area contributed by atoms with Crippen molar-refractivity contribution in [2.75, 3.05) is 32.9 Å². The summed E-state index contributed by atoms with van der Waals surface area (Å²) in [5.74, 6) is 0.850. The van der Waals surface area contributed by atoms with Gasteiger partial charge in [0.05, 0.1) is 0 Å². The van der Waals surface area contributed by atoms with E-state index in [1.807, 2.05) is 11.8 Å². The van der Waals surface area contributed by atoms with Crippen LogP contribution in [0.2, 0.25) is 0 Å². The summed E-state index contributed by atoms with van der Waals surface area (Å²) in [5, 5.41) is 4.48. The van der Waals surface area contributed by atoms with Crippen LogP contribution in [0.4, 0.5) is 0 Å². The van der Waals surface area contributed by atoms with Gasteiger partial charge in [-0.15, -0.1) is 0 Å². The predicted octanol–water partition coefficient (Wildman–Crippen LogP) is 2.45. The molecule has 2 nitrogen and oxygen atoms in total. The Morgan fingerprint density at radius 3 is 2.81 bits per heavy atom. The molecule has 1 rings (SSSR count). The van der Waals surface area contributed by atoms with Crippen LogP contribution in [-0.2, 0) is 0 Å². The normalized spacial score (nSPS) is 26.6. The first kappa shape index (κ1) is 14.3. The molecule has 96 valence electrons. The monoisotopic (exact) mass is 244 g/mol. The topological polar surface area (TPSA) is 15.3 Å². The third-order valence-electron chi connectivity index (χ3n) is 3.79. The van der Waals surface area contributed by atoms with Gasteiger partial charge in [0.25, 0.3) is 0 Å². The van der Waals surface area contributed by atoms with Crippen LogP contribution in [0.15, 0.2) is 0 Å². The van der Waals surface area contributed by atoms with Gasteiger partial charge in [0.15, 0.2) is 0 Å². The van der Waals surface area contributed by atoms with Crippen LogP contribution in [0.25, 0.3) is 0 Å². The van der Waals surface area contributed by atoms with E-state index >= 15 is 0 Å². The van der Waals surface area contributed by atoms with E-state index in [1.54, 1.807) is 0 Å². The molecule has 1 saturated heterocycles. The van der Waals surface area contributed by atoms with Crippen LogP contribution < -0.4 is 5.32 Å². The Morgan fingerprint density at radius 1 is 1.44 bits per heavy atom. The summed E-state index contributed by atoms with van der Waals surface area (Å²) in [6.07, 6.45) is 6.25. The smallest absolute Gasteiger partial charge is 0.00792 e. The molecule has 0 aromatic rings. The van der Waals surface area contributed by atoms with Crippen molar-refractivity contribution in [1.82, 2.24) is 10.2 Å². The van der Waals surface area contributed by atoms with Gasteiger partial charge in [0, 0.05) is 17.8 Å². The first-order valence-corrected chi connectivity index (χ1v) is 7.87. The molecule has 1 fully saturated rings. The van der Waals surface area contributed by atoms with Gasteiger partial charge in [-0.3, -0.25) is 0 Å². The molecule has 0 saturated carbocycles. The van der Waals surface area contributed by atoms with E-state index in [2.05, 4.69) is 37.4 Å². The summed E-state index contributed by atoms with van der Waals surface area (Å²) in [7, 11) is 2.24. The molecule has 1 aliphatic rings. The summed E-state index contributed by atoms with van der Waals surface area (Å²) >= 11 is 1.96. The Balaban J connectivity index is 2.16. The molecule has 1 aliphatic heterocycles. The molecule has 0 aromatic carbocycles. The Kier molecular flexibility index (Phi) is 6.78. The molecule has 0 amide bonds. The number of hydrogen-bond donors (Lipinski definition) is 1. The lowest BCUT2D eigenvalue weighted by molar-refractivity contribution is 0.179. The van der Waals surface area contributed by atoms with Gasteiger partial charge >= 0.3 is 0 Å². The van der Waals surface area contributed by atoms with Crippen molar-refractivity contribution >= 4 is 11.8 Å². The van der Waals surface area contributed by atoms with Crippen molar-refractivity contribution < 1.29 is 0 Å². The van der Waals surface area contributed by atoms with E-state index in [-0.39, 0.29) is 0 Å². The van der Waals surface area contributed by atoms with Crippen LogP contribution in [0.1, 0.15) is 33.1 Å². The molecule has 16 heavy (non-hydrogen) atoms. The van der Waals surface area contributed by atoms with E-state index in [0.717, 1.165) is 11.2 Å². The zero-order valence-corrected chi connectivity index (χ0v) is 12.1. The molecule has 0 aromatic heterocycles. The molecule has 0 spiro atoms. The van der Waals surface area contributed by atoms with Gasteiger partial charge in [-0.1, -0.05) is 6.92 Å². The average Bonchev–Trinajstić information content (AvgIpc) is 2.28. The van der Waals surface area contributed by atoms with E-state index in [0.29, 0.717) is 6.04 Å². The molecule has 3 atom stereocenters. The van der Waals surface area contributed by atoms with Crippen LogP contribution in [0.5, 0.6) is 0 Å². The fraction of sp³-hybridized carbons (Fsp3) is 1.00. The highest BCUT2D eigenvalue weighted by Crippen LogP contribution is 2.18. The Hall–Kier alpha value is 0.270. The summed E-state index contributed by atoms with van der Waals surface area (Å²) < 4.78 is 0. The fourth-order valence-corrected chi connectivity index (χ4v) is 2.77. The largest absolute Gasteiger partial charge is 0.314 e. The minimum atomic E-state index is 0.678. The van der Waals surface area contributed by atoms with Gasteiger partial charge in [-0.05, 0) is 58.5 Å². The zero-order chi connectivity index (χ0) is 12.0. The van der Waals surface area contributed by atoms with Crippen molar-refractivity contribution in [3.8, 4) is 0 Å². The van der Waals surface area contributed by atoms with E-state index in [9.17, 15) is 0 Å². The van der Waals surface area contributed by atoms with Gasteiger partial charge in [0.1, 0.15) is 0 Å². The molecule has 1 heterocycles. The SMILES string of the molecule is CSC(C)CCNC(C)C1CCCN(C)C1. The first-order chi connectivity index (χ1) is 7.63. The first-order valence-electron chi connectivity index (χ1n) is 6.58. The number of thioether (sulfide) groups is 1. The molecule has 0 aliphatic carbocycles. The fourth-order valence-electron chi connectivity index (χ4n) is 2.41. The number of hydrogen-bond acceptors (Lipinski definition) is 3. The second-order valence-electron chi connectivity index (χ2n) is 5.24. The minimum absolute atomic E-state index is 0.678. The van der Waals surface area contributed by atoms with Crippen molar-refractivity contribution in [1.29, 1.82) is 0 Å². The zero-order valence-electron chi connectivity index (χ0n) is 11.3. The highest BCUT2D eigenvalue weighted by Gasteiger charge is 2.22.